The maximum absolute atomic E-state index is 9.30. The molecule has 86 valence electrons. The van der Waals surface area contributed by atoms with E-state index in [1.54, 1.807) is 11.3 Å². The number of hydrogen-bond acceptors (Lipinski definition) is 3. The molecule has 1 heterocycles. The molecule has 0 unspecified atom stereocenters. The van der Waals surface area contributed by atoms with Crippen LogP contribution in [0.5, 0.6) is 0 Å². The van der Waals surface area contributed by atoms with Crippen molar-refractivity contribution >= 4 is 32.1 Å². The molecule has 0 saturated heterocycles. The summed E-state index contributed by atoms with van der Waals surface area (Å²) in [6, 6.07) is 20.2. The van der Waals surface area contributed by atoms with Crippen LogP contribution in [0.2, 0.25) is 0 Å². The van der Waals surface area contributed by atoms with Gasteiger partial charge in [0.15, 0.2) is 0 Å². The van der Waals surface area contributed by atoms with Gasteiger partial charge in [-0.05, 0) is 18.2 Å². The topological polar surface area (TPSA) is 35.8 Å². The van der Waals surface area contributed by atoms with Crippen LogP contribution >= 0.6 is 11.3 Å². The first kappa shape index (κ1) is 10.8. The van der Waals surface area contributed by atoms with Gasteiger partial charge in [-0.2, -0.15) is 5.26 Å². The van der Waals surface area contributed by atoms with Gasteiger partial charge in [0.25, 0.3) is 0 Å². The molecule has 0 spiro atoms. The van der Waals surface area contributed by atoms with Crippen molar-refractivity contribution in [3.63, 3.8) is 0 Å². The quantitative estimate of drug-likeness (QED) is 0.726. The van der Waals surface area contributed by atoms with Crippen LogP contribution in [-0.2, 0) is 0 Å². The minimum absolute atomic E-state index is 0.722. The highest BCUT2D eigenvalue weighted by molar-refractivity contribution is 7.23. The van der Waals surface area contributed by atoms with Crippen molar-refractivity contribution in [3.8, 4) is 6.07 Å². The Labute approximate surface area is 109 Å². The monoisotopic (exact) mass is 250 g/mol. The number of para-hydroxylation sites is 1. The van der Waals surface area contributed by atoms with Crippen molar-refractivity contribution in [2.75, 3.05) is 5.32 Å². The Hall–Kier alpha value is -2.31. The van der Waals surface area contributed by atoms with Gasteiger partial charge in [0.1, 0.15) is 11.1 Å². The first-order valence-corrected chi connectivity index (χ1v) is 6.44. The predicted molar refractivity (Wildman–Crippen MR) is 76.3 cm³/mol. The first-order chi connectivity index (χ1) is 8.88. The molecule has 3 heteroatoms. The number of hydrogen-bond donors (Lipinski definition) is 1. The molecule has 2 aromatic carbocycles. The molecule has 0 fully saturated rings. The van der Waals surface area contributed by atoms with Gasteiger partial charge in [-0.25, -0.2) is 0 Å². The molecule has 2 nitrogen and oxygen atoms in total. The third kappa shape index (κ3) is 1.83. The Balaban J connectivity index is 2.10. The number of nitrogens with zero attached hydrogens (tertiary/aromatic N) is 1. The van der Waals surface area contributed by atoms with Gasteiger partial charge in [-0.15, -0.1) is 11.3 Å². The Kier molecular flexibility index (Phi) is 2.71. The first-order valence-electron chi connectivity index (χ1n) is 5.62. The normalized spacial score (nSPS) is 10.2. The summed E-state index contributed by atoms with van der Waals surface area (Å²) in [5.41, 5.74) is 1.72. The summed E-state index contributed by atoms with van der Waals surface area (Å²) in [7, 11) is 0. The van der Waals surface area contributed by atoms with Crippen molar-refractivity contribution < 1.29 is 0 Å². The fourth-order valence-corrected chi connectivity index (χ4v) is 2.97. The maximum atomic E-state index is 9.30. The Morgan fingerprint density at radius 2 is 1.67 bits per heavy atom. The van der Waals surface area contributed by atoms with E-state index in [0.29, 0.717) is 0 Å². The third-order valence-corrected chi connectivity index (χ3v) is 3.83. The van der Waals surface area contributed by atoms with Gasteiger partial charge in [-0.3, -0.25) is 0 Å². The van der Waals surface area contributed by atoms with Crippen molar-refractivity contribution in [1.82, 2.24) is 0 Å². The molecule has 0 aliphatic rings. The van der Waals surface area contributed by atoms with E-state index in [2.05, 4.69) is 11.4 Å². The molecular weight excluding hydrogens is 240 g/mol. The number of fused-ring (bicyclic) bond motifs is 1. The van der Waals surface area contributed by atoms with E-state index in [0.717, 1.165) is 26.3 Å². The molecule has 0 aliphatic heterocycles. The van der Waals surface area contributed by atoms with Crippen LogP contribution in [0, 0.1) is 11.3 Å². The average Bonchev–Trinajstić information content (AvgIpc) is 2.77. The Morgan fingerprint density at radius 1 is 0.944 bits per heavy atom. The van der Waals surface area contributed by atoms with E-state index >= 15 is 0 Å². The molecule has 0 bridgehead atoms. The standard InChI is InChI=1S/C15H10N2S/c16-10-13-12-8-4-5-9-14(12)18-15(13)17-11-6-2-1-3-7-11/h1-9,17H. The molecule has 1 aromatic heterocycles. The van der Waals surface area contributed by atoms with E-state index in [-0.39, 0.29) is 0 Å². The smallest absolute Gasteiger partial charge is 0.112 e. The van der Waals surface area contributed by atoms with E-state index < -0.39 is 0 Å². The van der Waals surface area contributed by atoms with Gasteiger partial charge in [-0.1, -0.05) is 36.4 Å². The second-order valence-corrected chi connectivity index (χ2v) is 4.96. The zero-order chi connectivity index (χ0) is 12.4. The number of benzene rings is 2. The number of rotatable bonds is 2. The summed E-state index contributed by atoms with van der Waals surface area (Å²) in [5, 5.41) is 14.5. The lowest BCUT2D eigenvalue weighted by molar-refractivity contribution is 1.51. The third-order valence-electron chi connectivity index (χ3n) is 2.74. The minimum atomic E-state index is 0.722. The van der Waals surface area contributed by atoms with Crippen molar-refractivity contribution in [1.29, 1.82) is 5.26 Å². The minimum Gasteiger partial charge on any atom is -0.346 e. The fraction of sp³-hybridized carbons (Fsp3) is 0. The summed E-state index contributed by atoms with van der Waals surface area (Å²) in [4.78, 5) is 0. The highest BCUT2D eigenvalue weighted by Gasteiger charge is 2.11. The lowest BCUT2D eigenvalue weighted by Crippen LogP contribution is -1.88. The summed E-state index contributed by atoms with van der Waals surface area (Å²) >= 11 is 1.61. The van der Waals surface area contributed by atoms with E-state index in [9.17, 15) is 5.26 Å². The number of nitriles is 1. The summed E-state index contributed by atoms with van der Waals surface area (Å²) in [6.07, 6.45) is 0. The largest absolute Gasteiger partial charge is 0.346 e. The molecule has 0 amide bonds. The van der Waals surface area contributed by atoms with Crippen LogP contribution in [0.3, 0.4) is 0 Å². The van der Waals surface area contributed by atoms with Crippen molar-refractivity contribution in [2.45, 2.75) is 0 Å². The molecule has 3 rings (SSSR count). The van der Waals surface area contributed by atoms with Gasteiger partial charge >= 0.3 is 0 Å². The number of thiophene rings is 1. The second-order valence-electron chi connectivity index (χ2n) is 3.91. The molecule has 0 radical (unpaired) electrons. The molecule has 0 atom stereocenters. The lowest BCUT2D eigenvalue weighted by atomic mass is 10.2. The average molecular weight is 250 g/mol. The van der Waals surface area contributed by atoms with Crippen molar-refractivity contribution in [3.05, 3.63) is 60.2 Å². The molecule has 0 aliphatic carbocycles. The second kappa shape index (κ2) is 4.52. The van der Waals surface area contributed by atoms with Crippen LogP contribution in [0.1, 0.15) is 5.56 Å². The Morgan fingerprint density at radius 3 is 2.44 bits per heavy atom. The zero-order valence-electron chi connectivity index (χ0n) is 9.55. The van der Waals surface area contributed by atoms with E-state index in [1.165, 1.54) is 0 Å². The number of nitrogens with one attached hydrogen (secondary N) is 1. The highest BCUT2D eigenvalue weighted by Crippen LogP contribution is 2.36. The zero-order valence-corrected chi connectivity index (χ0v) is 10.4. The highest BCUT2D eigenvalue weighted by atomic mass is 32.1. The van der Waals surface area contributed by atoms with Gasteiger partial charge in [0.05, 0.1) is 5.56 Å². The number of anilines is 2. The molecule has 18 heavy (non-hydrogen) atoms. The van der Waals surface area contributed by atoms with Gasteiger partial charge in [0.2, 0.25) is 0 Å². The van der Waals surface area contributed by atoms with Crippen LogP contribution in [0.25, 0.3) is 10.1 Å². The maximum Gasteiger partial charge on any atom is 0.112 e. The van der Waals surface area contributed by atoms with Gasteiger partial charge < -0.3 is 5.32 Å². The van der Waals surface area contributed by atoms with E-state index in [4.69, 9.17) is 0 Å². The van der Waals surface area contributed by atoms with Crippen LogP contribution in [0.4, 0.5) is 10.7 Å². The van der Waals surface area contributed by atoms with E-state index in [1.807, 2.05) is 54.6 Å². The Bertz CT molecular complexity index is 723. The van der Waals surface area contributed by atoms with Crippen LogP contribution in [-0.4, -0.2) is 0 Å². The molecule has 3 aromatic rings. The lowest BCUT2D eigenvalue weighted by Gasteiger charge is -2.02. The predicted octanol–water partition coefficient (Wildman–Crippen LogP) is 4.52. The molecular formula is C15H10N2S. The van der Waals surface area contributed by atoms with Crippen LogP contribution < -0.4 is 5.32 Å². The SMILES string of the molecule is N#Cc1c(Nc2ccccc2)sc2ccccc12. The fourth-order valence-electron chi connectivity index (χ4n) is 1.90. The summed E-state index contributed by atoms with van der Waals surface area (Å²) in [5.74, 6) is 0. The van der Waals surface area contributed by atoms with Gasteiger partial charge in [0, 0.05) is 15.8 Å². The van der Waals surface area contributed by atoms with Crippen molar-refractivity contribution in [2.24, 2.45) is 0 Å². The molecule has 1 N–H and O–H groups in total. The molecule has 0 saturated carbocycles. The summed E-state index contributed by atoms with van der Waals surface area (Å²) in [6.45, 7) is 0. The van der Waals surface area contributed by atoms with Crippen LogP contribution in [0.15, 0.2) is 54.6 Å². The summed E-state index contributed by atoms with van der Waals surface area (Å²) < 4.78 is 1.13.